The van der Waals surface area contributed by atoms with Crippen molar-refractivity contribution in [3.05, 3.63) is 30.0 Å². The van der Waals surface area contributed by atoms with E-state index in [4.69, 9.17) is 10.5 Å². The molecule has 2 rings (SSSR count). The third-order valence-electron chi connectivity index (χ3n) is 2.46. The molecule has 2 aromatic rings. The molecule has 1 heterocycles. The molecule has 0 atom stereocenters. The minimum Gasteiger partial charge on any atom is -0.490 e. The molecule has 0 aliphatic rings. The van der Waals surface area contributed by atoms with E-state index < -0.39 is 11.7 Å². The lowest BCUT2D eigenvalue weighted by Gasteiger charge is -2.17. The first-order valence-corrected chi connectivity index (χ1v) is 6.68. The Morgan fingerprint density at radius 3 is 2.50 bits per heavy atom. The van der Waals surface area contributed by atoms with Gasteiger partial charge in [0.1, 0.15) is 5.75 Å². The van der Waals surface area contributed by atoms with Crippen LogP contribution in [0, 0.1) is 0 Å². The number of halogens is 3. The molecular weight excluding hydrogens is 289 g/mol. The summed E-state index contributed by atoms with van der Waals surface area (Å²) in [5.74, 6) is -0.172. The summed E-state index contributed by atoms with van der Waals surface area (Å²) in [6.07, 6.45) is -3.35. The number of alkyl halides is 3. The predicted octanol–water partition coefficient (Wildman–Crippen LogP) is 4.20. The maximum Gasteiger partial charge on any atom is 0.419 e. The maximum atomic E-state index is 13.1. The molecule has 0 radical (unpaired) electrons. The van der Waals surface area contributed by atoms with Crippen LogP contribution in [-0.2, 0) is 6.18 Å². The second-order valence-electron chi connectivity index (χ2n) is 4.44. The highest BCUT2D eigenvalue weighted by atomic mass is 32.1. The van der Waals surface area contributed by atoms with Crippen molar-refractivity contribution in [2.75, 3.05) is 5.73 Å². The van der Waals surface area contributed by atoms with E-state index >= 15 is 0 Å². The van der Waals surface area contributed by atoms with Gasteiger partial charge in [0.2, 0.25) is 0 Å². The molecule has 0 fully saturated rings. The van der Waals surface area contributed by atoms with Crippen molar-refractivity contribution >= 4 is 16.5 Å². The third kappa shape index (κ3) is 3.22. The van der Waals surface area contributed by atoms with Gasteiger partial charge in [-0.05, 0) is 37.6 Å². The van der Waals surface area contributed by atoms with Crippen LogP contribution in [0.5, 0.6) is 5.75 Å². The molecule has 0 unspecified atom stereocenters. The number of nitrogen functional groups attached to an aromatic ring is 1. The Kier molecular flexibility index (Phi) is 3.89. The summed E-state index contributed by atoms with van der Waals surface area (Å²) in [6, 6.07) is 3.96. The zero-order valence-electron chi connectivity index (χ0n) is 10.9. The van der Waals surface area contributed by atoms with Gasteiger partial charge >= 0.3 is 6.18 Å². The molecule has 2 N–H and O–H groups in total. The lowest BCUT2D eigenvalue weighted by molar-refractivity contribution is -0.139. The van der Waals surface area contributed by atoms with Gasteiger partial charge in [-0.25, -0.2) is 4.98 Å². The first-order valence-electron chi connectivity index (χ1n) is 5.87. The van der Waals surface area contributed by atoms with E-state index in [9.17, 15) is 13.2 Å². The van der Waals surface area contributed by atoms with Gasteiger partial charge in [-0.1, -0.05) is 11.3 Å². The zero-order valence-corrected chi connectivity index (χ0v) is 11.7. The van der Waals surface area contributed by atoms with E-state index in [1.807, 2.05) is 0 Å². The van der Waals surface area contributed by atoms with Gasteiger partial charge in [-0.15, -0.1) is 0 Å². The molecule has 7 heteroatoms. The number of hydrogen-bond donors (Lipinski definition) is 1. The van der Waals surface area contributed by atoms with Crippen molar-refractivity contribution in [3.8, 4) is 16.2 Å². The summed E-state index contributed by atoms with van der Waals surface area (Å²) in [6.45, 7) is 3.36. The molecule has 108 valence electrons. The summed E-state index contributed by atoms with van der Waals surface area (Å²) in [7, 11) is 0. The number of ether oxygens (including phenoxy) is 1. The van der Waals surface area contributed by atoms with Gasteiger partial charge in [-0.3, -0.25) is 0 Å². The topological polar surface area (TPSA) is 48.1 Å². The number of nitrogens with two attached hydrogens (primary N) is 1. The van der Waals surface area contributed by atoms with Crippen molar-refractivity contribution in [2.45, 2.75) is 26.1 Å². The first kappa shape index (κ1) is 14.6. The summed E-state index contributed by atoms with van der Waals surface area (Å²) in [5, 5.41) is 0.316. The highest BCUT2D eigenvalue weighted by Crippen LogP contribution is 2.40. The Balaban J connectivity index is 2.48. The van der Waals surface area contributed by atoms with Gasteiger partial charge in [0.05, 0.1) is 16.5 Å². The van der Waals surface area contributed by atoms with Crippen LogP contribution in [0.4, 0.5) is 18.3 Å². The molecule has 0 spiro atoms. The average Bonchev–Trinajstić information content (AvgIpc) is 2.74. The largest absolute Gasteiger partial charge is 0.490 e. The first-order chi connectivity index (χ1) is 9.27. The van der Waals surface area contributed by atoms with Crippen molar-refractivity contribution in [2.24, 2.45) is 0 Å². The minimum atomic E-state index is -4.48. The monoisotopic (exact) mass is 302 g/mol. The lowest BCUT2D eigenvalue weighted by Crippen LogP contribution is -2.13. The second kappa shape index (κ2) is 5.32. The fourth-order valence-electron chi connectivity index (χ4n) is 1.68. The molecule has 1 aromatic heterocycles. The van der Waals surface area contributed by atoms with Gasteiger partial charge in [0.15, 0.2) is 5.13 Å². The summed E-state index contributed by atoms with van der Waals surface area (Å²) < 4.78 is 44.5. The second-order valence-corrected chi connectivity index (χ2v) is 5.50. The van der Waals surface area contributed by atoms with Crippen LogP contribution in [-0.4, -0.2) is 11.1 Å². The molecule has 20 heavy (non-hydrogen) atoms. The van der Waals surface area contributed by atoms with Gasteiger partial charge in [-0.2, -0.15) is 13.2 Å². The average molecular weight is 302 g/mol. The Morgan fingerprint density at radius 1 is 1.30 bits per heavy atom. The molecule has 3 nitrogen and oxygen atoms in total. The van der Waals surface area contributed by atoms with E-state index in [1.54, 1.807) is 19.9 Å². The normalized spacial score (nSPS) is 11.9. The summed E-state index contributed by atoms with van der Waals surface area (Å²) >= 11 is 1.14. The number of thiazole rings is 1. The number of aromatic nitrogens is 1. The molecule has 0 amide bonds. The Bertz CT molecular complexity index is 608. The van der Waals surface area contributed by atoms with Crippen LogP contribution >= 0.6 is 11.3 Å². The highest BCUT2D eigenvalue weighted by molar-refractivity contribution is 7.18. The van der Waals surface area contributed by atoms with Crippen molar-refractivity contribution < 1.29 is 17.9 Å². The van der Waals surface area contributed by atoms with E-state index in [2.05, 4.69) is 4.98 Å². The number of hydrogen-bond acceptors (Lipinski definition) is 4. The van der Waals surface area contributed by atoms with E-state index in [0.717, 1.165) is 17.4 Å². The Hall–Kier alpha value is -1.76. The van der Waals surface area contributed by atoms with Crippen molar-refractivity contribution in [1.82, 2.24) is 4.98 Å². The maximum absolute atomic E-state index is 13.1. The van der Waals surface area contributed by atoms with Crippen LogP contribution in [0.2, 0.25) is 0 Å². The van der Waals surface area contributed by atoms with E-state index in [1.165, 1.54) is 12.3 Å². The molecule has 0 bridgehead atoms. The number of nitrogens with zero attached hydrogens (tertiary/aromatic N) is 1. The van der Waals surface area contributed by atoms with Crippen molar-refractivity contribution in [1.29, 1.82) is 0 Å². The van der Waals surface area contributed by atoms with Crippen LogP contribution in [0.1, 0.15) is 19.4 Å². The molecule has 1 aromatic carbocycles. The fourth-order valence-corrected chi connectivity index (χ4v) is 2.36. The summed E-state index contributed by atoms with van der Waals surface area (Å²) in [4.78, 5) is 4.43. The van der Waals surface area contributed by atoms with Crippen LogP contribution in [0.15, 0.2) is 24.4 Å². The quantitative estimate of drug-likeness (QED) is 0.924. The molecule has 0 aliphatic heterocycles. The van der Waals surface area contributed by atoms with Crippen LogP contribution in [0.25, 0.3) is 10.4 Å². The van der Waals surface area contributed by atoms with Crippen LogP contribution in [0.3, 0.4) is 0 Å². The molecule has 0 saturated heterocycles. The number of anilines is 1. The van der Waals surface area contributed by atoms with Gasteiger partial charge in [0.25, 0.3) is 0 Å². The van der Waals surface area contributed by atoms with Crippen molar-refractivity contribution in [3.63, 3.8) is 0 Å². The standard InChI is InChI=1S/C13H13F3N2OS/c1-7(2)19-10-4-3-8(5-9(10)13(14,15)16)11-6-18-12(17)20-11/h3-7H,1-2H3,(H2,17,18). The van der Waals surface area contributed by atoms with Gasteiger partial charge in [0, 0.05) is 6.20 Å². The lowest BCUT2D eigenvalue weighted by atomic mass is 10.1. The molecular formula is C13H13F3N2OS. The fraction of sp³-hybridized carbons (Fsp3) is 0.308. The van der Waals surface area contributed by atoms with E-state index in [0.29, 0.717) is 15.6 Å². The molecule has 0 aliphatic carbocycles. The predicted molar refractivity (Wildman–Crippen MR) is 72.7 cm³/mol. The summed E-state index contributed by atoms with van der Waals surface area (Å²) in [5.41, 5.74) is 5.12. The number of benzene rings is 1. The highest BCUT2D eigenvalue weighted by Gasteiger charge is 2.35. The number of rotatable bonds is 3. The third-order valence-corrected chi connectivity index (χ3v) is 3.33. The minimum absolute atomic E-state index is 0.172. The van der Waals surface area contributed by atoms with Gasteiger partial charge < -0.3 is 10.5 Å². The van der Waals surface area contributed by atoms with E-state index in [-0.39, 0.29) is 11.9 Å². The van der Waals surface area contributed by atoms with Crippen LogP contribution < -0.4 is 10.5 Å². The zero-order chi connectivity index (χ0) is 14.9. The Morgan fingerprint density at radius 2 is 2.00 bits per heavy atom. The Labute approximate surface area is 118 Å². The molecule has 0 saturated carbocycles. The SMILES string of the molecule is CC(C)Oc1ccc(-c2cnc(N)s2)cc1C(F)(F)F. The smallest absolute Gasteiger partial charge is 0.419 e.